The largest absolute Gasteiger partial charge is 0.423 e. The van der Waals surface area contributed by atoms with Crippen LogP contribution in [0, 0.1) is 0 Å². The fourth-order valence-electron chi connectivity index (χ4n) is 3.15. The molecule has 1 aliphatic rings. The van der Waals surface area contributed by atoms with Crippen LogP contribution in [0.1, 0.15) is 12.0 Å². The summed E-state index contributed by atoms with van der Waals surface area (Å²) in [5.74, 6) is 0. The normalized spacial score (nSPS) is 24.9. The van der Waals surface area contributed by atoms with Gasteiger partial charge in [0.05, 0.1) is 4.90 Å². The van der Waals surface area contributed by atoms with Gasteiger partial charge in [-0.3, -0.25) is 0 Å². The van der Waals surface area contributed by atoms with E-state index < -0.39 is 26.9 Å². The van der Waals surface area contributed by atoms with Gasteiger partial charge in [-0.15, -0.1) is 0 Å². The zero-order chi connectivity index (χ0) is 17.4. The Morgan fingerprint density at radius 1 is 0.958 bits per heavy atom. The van der Waals surface area contributed by atoms with Gasteiger partial charge in [0.1, 0.15) is 5.25 Å². The Balaban J connectivity index is 2.20. The van der Waals surface area contributed by atoms with E-state index in [1.165, 1.54) is 48.5 Å². The molecule has 2 aromatic rings. The Labute approximate surface area is 138 Å². The van der Waals surface area contributed by atoms with Crippen molar-refractivity contribution in [2.24, 2.45) is 0 Å². The summed E-state index contributed by atoms with van der Waals surface area (Å²) in [5.41, 5.74) is -3.05. The smallest absolute Gasteiger partial charge is 0.360 e. The van der Waals surface area contributed by atoms with Gasteiger partial charge in [0.2, 0.25) is 5.60 Å². The highest BCUT2D eigenvalue weighted by Gasteiger charge is 2.67. The molecule has 1 heterocycles. The molecule has 1 saturated heterocycles. The molecule has 2 atom stereocenters. The molecule has 3 rings (SSSR count). The van der Waals surface area contributed by atoms with E-state index in [9.17, 15) is 21.6 Å². The van der Waals surface area contributed by atoms with Crippen molar-refractivity contribution in [1.82, 2.24) is 0 Å². The summed E-state index contributed by atoms with van der Waals surface area (Å²) >= 11 is 0. The molecule has 0 spiro atoms. The summed E-state index contributed by atoms with van der Waals surface area (Å²) in [4.78, 5) is -0.134. The third-order valence-electron chi connectivity index (χ3n) is 4.23. The van der Waals surface area contributed by atoms with Crippen LogP contribution in [0.25, 0.3) is 0 Å². The third kappa shape index (κ3) is 2.52. The second-order valence-corrected chi connectivity index (χ2v) is 7.71. The molecule has 0 radical (unpaired) electrons. The first-order valence-corrected chi connectivity index (χ1v) is 8.90. The van der Waals surface area contributed by atoms with Crippen LogP contribution in [0.15, 0.2) is 65.6 Å². The second kappa shape index (κ2) is 5.89. The number of alkyl halides is 3. The Morgan fingerprint density at radius 3 is 2.04 bits per heavy atom. The van der Waals surface area contributed by atoms with Crippen molar-refractivity contribution in [3.63, 3.8) is 0 Å². The number of sulfone groups is 1. The molecule has 0 N–H and O–H groups in total. The summed E-state index contributed by atoms with van der Waals surface area (Å²) < 4.78 is 72.9. The number of benzene rings is 2. The van der Waals surface area contributed by atoms with Gasteiger partial charge in [-0.25, -0.2) is 8.42 Å². The Bertz CT molecular complexity index is 804. The molecule has 0 aliphatic carbocycles. The molecule has 0 saturated carbocycles. The summed E-state index contributed by atoms with van der Waals surface area (Å²) in [5, 5.41) is -1.73. The summed E-state index contributed by atoms with van der Waals surface area (Å²) in [6.07, 6.45) is -5.08. The Hall–Kier alpha value is -1.86. The van der Waals surface area contributed by atoms with Gasteiger partial charge in [0.25, 0.3) is 0 Å². The highest BCUT2D eigenvalue weighted by Crippen LogP contribution is 2.52. The molecule has 24 heavy (non-hydrogen) atoms. The first kappa shape index (κ1) is 17.0. The number of hydrogen-bond acceptors (Lipinski definition) is 3. The maximum Gasteiger partial charge on any atom is 0.423 e. The Kier molecular flexibility index (Phi) is 4.17. The van der Waals surface area contributed by atoms with Gasteiger partial charge < -0.3 is 4.74 Å². The lowest BCUT2D eigenvalue weighted by Crippen LogP contribution is -2.52. The molecule has 1 aliphatic heterocycles. The van der Waals surface area contributed by atoms with Crippen molar-refractivity contribution in [2.45, 2.75) is 28.3 Å². The van der Waals surface area contributed by atoms with Gasteiger partial charge in [-0.2, -0.15) is 13.2 Å². The molecule has 0 aromatic heterocycles. The van der Waals surface area contributed by atoms with Gasteiger partial charge in [-0.05, 0) is 24.1 Å². The molecule has 1 fully saturated rings. The maximum absolute atomic E-state index is 14.0. The van der Waals surface area contributed by atoms with Crippen LogP contribution < -0.4 is 0 Å². The molecule has 7 heteroatoms. The first-order valence-electron chi connectivity index (χ1n) is 7.35. The second-order valence-electron chi connectivity index (χ2n) is 5.58. The molecule has 0 bridgehead atoms. The minimum absolute atomic E-state index is 0.134. The lowest BCUT2D eigenvalue weighted by Gasteiger charge is -2.36. The first-order chi connectivity index (χ1) is 11.3. The van der Waals surface area contributed by atoms with Crippen LogP contribution in [0.2, 0.25) is 0 Å². The minimum atomic E-state index is -4.86. The van der Waals surface area contributed by atoms with Crippen LogP contribution in [0.5, 0.6) is 0 Å². The van der Waals surface area contributed by atoms with Crippen LogP contribution in [-0.4, -0.2) is 26.5 Å². The Morgan fingerprint density at radius 2 is 1.50 bits per heavy atom. The van der Waals surface area contributed by atoms with E-state index in [0.717, 1.165) is 0 Å². The monoisotopic (exact) mass is 356 g/mol. The van der Waals surface area contributed by atoms with Crippen LogP contribution in [0.4, 0.5) is 13.2 Å². The van der Waals surface area contributed by atoms with Crippen LogP contribution in [0.3, 0.4) is 0 Å². The van der Waals surface area contributed by atoms with E-state index in [2.05, 4.69) is 0 Å². The predicted octanol–water partition coefficient (Wildman–Crippen LogP) is 3.71. The molecular weight excluding hydrogens is 341 g/mol. The predicted molar refractivity (Wildman–Crippen MR) is 82.2 cm³/mol. The molecule has 3 nitrogen and oxygen atoms in total. The average Bonchev–Trinajstić information content (AvgIpc) is 3.03. The topological polar surface area (TPSA) is 43.4 Å². The van der Waals surface area contributed by atoms with Crippen molar-refractivity contribution in [1.29, 1.82) is 0 Å². The van der Waals surface area contributed by atoms with Gasteiger partial charge in [0.15, 0.2) is 9.84 Å². The van der Waals surface area contributed by atoms with Crippen LogP contribution in [-0.2, 0) is 20.2 Å². The van der Waals surface area contributed by atoms with E-state index in [-0.39, 0.29) is 23.5 Å². The van der Waals surface area contributed by atoms with Gasteiger partial charge >= 0.3 is 6.18 Å². The van der Waals surface area contributed by atoms with Gasteiger partial charge in [0, 0.05) is 6.61 Å². The molecule has 128 valence electrons. The quantitative estimate of drug-likeness (QED) is 0.842. The zero-order valence-corrected chi connectivity index (χ0v) is 13.3. The highest BCUT2D eigenvalue weighted by atomic mass is 32.2. The number of rotatable bonds is 3. The van der Waals surface area contributed by atoms with E-state index in [1.807, 2.05) is 0 Å². The molecule has 0 amide bonds. The summed E-state index contributed by atoms with van der Waals surface area (Å²) in [6.45, 7) is -0.273. The number of halogens is 3. The number of ether oxygens (including phenoxy) is 1. The fraction of sp³-hybridized carbons (Fsp3) is 0.294. The molecule has 2 unspecified atom stereocenters. The van der Waals surface area contributed by atoms with Gasteiger partial charge in [-0.1, -0.05) is 48.5 Å². The van der Waals surface area contributed by atoms with E-state index >= 15 is 0 Å². The van der Waals surface area contributed by atoms with E-state index in [4.69, 9.17) is 4.74 Å². The van der Waals surface area contributed by atoms with Crippen molar-refractivity contribution < 1.29 is 26.3 Å². The summed E-state index contributed by atoms with van der Waals surface area (Å²) in [7, 11) is -4.22. The van der Waals surface area contributed by atoms with E-state index in [0.29, 0.717) is 0 Å². The zero-order valence-electron chi connectivity index (χ0n) is 12.5. The fourth-order valence-corrected chi connectivity index (χ4v) is 5.20. The van der Waals surface area contributed by atoms with Crippen LogP contribution >= 0.6 is 0 Å². The van der Waals surface area contributed by atoms with Crippen molar-refractivity contribution >= 4 is 9.84 Å². The lowest BCUT2D eigenvalue weighted by molar-refractivity contribution is -0.267. The molecule has 2 aromatic carbocycles. The number of hydrogen-bond donors (Lipinski definition) is 0. The van der Waals surface area contributed by atoms with E-state index in [1.54, 1.807) is 12.1 Å². The lowest BCUT2D eigenvalue weighted by atomic mass is 9.89. The standard InChI is InChI=1S/C17H15F3O3S/c18-17(19,20)16(13-7-3-1-4-8-13)15(11-12-23-16)24(21,22)14-9-5-2-6-10-14/h1-10,15H,11-12H2. The van der Waals surface area contributed by atoms with Crippen molar-refractivity contribution in [3.8, 4) is 0 Å². The maximum atomic E-state index is 14.0. The molecular formula is C17H15F3O3S. The van der Waals surface area contributed by atoms with Crippen molar-refractivity contribution in [2.75, 3.05) is 6.61 Å². The highest BCUT2D eigenvalue weighted by molar-refractivity contribution is 7.92. The summed E-state index contributed by atoms with van der Waals surface area (Å²) in [6, 6.07) is 14.2. The third-order valence-corrected chi connectivity index (χ3v) is 6.48. The van der Waals surface area contributed by atoms with Crippen molar-refractivity contribution in [3.05, 3.63) is 66.2 Å². The average molecular weight is 356 g/mol. The SMILES string of the molecule is O=S(=O)(c1ccccc1)C1CCOC1(c1ccccc1)C(F)(F)F. The minimum Gasteiger partial charge on any atom is -0.360 e.